The van der Waals surface area contributed by atoms with Crippen LogP contribution >= 0.6 is 0 Å². The predicted molar refractivity (Wildman–Crippen MR) is 82.1 cm³/mol. The number of nitrogens with one attached hydrogen (secondary N) is 1. The molecule has 0 radical (unpaired) electrons. The number of sulfonamides is 1. The predicted octanol–water partition coefficient (Wildman–Crippen LogP) is 3.15. The zero-order chi connectivity index (χ0) is 16.3. The maximum Gasteiger partial charge on any atom is 0.263 e. The molecule has 0 aliphatic heterocycles. The van der Waals surface area contributed by atoms with Crippen molar-refractivity contribution in [3.63, 3.8) is 0 Å². The highest BCUT2D eigenvalue weighted by atomic mass is 32.2. The number of halogens is 1. The van der Waals surface area contributed by atoms with Gasteiger partial charge in [-0.05, 0) is 41.8 Å². The van der Waals surface area contributed by atoms with Crippen molar-refractivity contribution in [3.8, 4) is 5.75 Å². The molecule has 0 aliphatic carbocycles. The fourth-order valence-electron chi connectivity index (χ4n) is 1.81. The number of ether oxygens (including phenoxy) is 1. The van der Waals surface area contributed by atoms with Gasteiger partial charge in [0.15, 0.2) is 11.6 Å². The summed E-state index contributed by atoms with van der Waals surface area (Å²) >= 11 is 0. The second kappa shape index (κ2) is 6.31. The van der Waals surface area contributed by atoms with Crippen molar-refractivity contribution in [3.05, 3.63) is 47.9 Å². The molecule has 1 aromatic heterocycles. The maximum absolute atomic E-state index is 12.9. The molecule has 0 atom stereocenters. The summed E-state index contributed by atoms with van der Waals surface area (Å²) < 4.78 is 45.0. The summed E-state index contributed by atoms with van der Waals surface area (Å²) in [4.78, 5) is 4.06. The molecule has 2 aromatic rings. The van der Waals surface area contributed by atoms with E-state index in [9.17, 15) is 12.8 Å². The number of hydrogen-bond acceptors (Lipinski definition) is 4. The van der Waals surface area contributed by atoms with Crippen LogP contribution in [0.2, 0.25) is 0 Å². The van der Waals surface area contributed by atoms with Gasteiger partial charge in [-0.3, -0.25) is 4.72 Å². The van der Waals surface area contributed by atoms with Gasteiger partial charge in [-0.15, -0.1) is 0 Å². The lowest BCUT2D eigenvalue weighted by Crippen LogP contribution is -2.15. The summed E-state index contributed by atoms with van der Waals surface area (Å²) in [6.07, 6.45) is 1.59. The summed E-state index contributed by atoms with van der Waals surface area (Å²) in [7, 11) is -2.41. The highest BCUT2D eigenvalue weighted by Gasteiger charge is 2.18. The van der Waals surface area contributed by atoms with Crippen molar-refractivity contribution in [1.29, 1.82) is 0 Å². The van der Waals surface area contributed by atoms with E-state index in [1.54, 1.807) is 12.3 Å². The van der Waals surface area contributed by atoms with Crippen LogP contribution in [0.1, 0.15) is 25.3 Å². The molecule has 0 amide bonds. The van der Waals surface area contributed by atoms with Gasteiger partial charge < -0.3 is 4.74 Å². The Hall–Kier alpha value is -2.15. The first kappa shape index (κ1) is 16.2. The Balaban J connectivity index is 2.35. The van der Waals surface area contributed by atoms with Crippen LogP contribution in [0, 0.1) is 5.82 Å². The minimum atomic E-state index is -3.85. The molecular formula is C15H17FN2O3S. The number of methoxy groups -OCH3 is 1. The van der Waals surface area contributed by atoms with Crippen LogP contribution < -0.4 is 9.46 Å². The van der Waals surface area contributed by atoms with Crippen LogP contribution in [-0.4, -0.2) is 20.5 Å². The average Bonchev–Trinajstić information content (AvgIpc) is 2.47. The molecule has 1 N–H and O–H groups in total. The number of pyridine rings is 1. The van der Waals surface area contributed by atoms with Gasteiger partial charge in [-0.25, -0.2) is 17.8 Å². The number of benzene rings is 1. The topological polar surface area (TPSA) is 68.3 Å². The van der Waals surface area contributed by atoms with E-state index in [0.717, 1.165) is 17.7 Å². The van der Waals surface area contributed by atoms with Crippen LogP contribution in [0.3, 0.4) is 0 Å². The SMILES string of the molecule is COc1cc(C(C)C)cnc1NS(=O)(=O)c1ccc(F)cc1. The molecule has 7 heteroatoms. The van der Waals surface area contributed by atoms with E-state index in [0.29, 0.717) is 5.75 Å². The molecule has 1 heterocycles. The van der Waals surface area contributed by atoms with Gasteiger partial charge >= 0.3 is 0 Å². The van der Waals surface area contributed by atoms with Crippen LogP contribution in [0.5, 0.6) is 5.75 Å². The van der Waals surface area contributed by atoms with Crippen molar-refractivity contribution in [2.75, 3.05) is 11.8 Å². The van der Waals surface area contributed by atoms with E-state index in [2.05, 4.69) is 9.71 Å². The molecule has 2 rings (SSSR count). The lowest BCUT2D eigenvalue weighted by Gasteiger charge is -2.13. The van der Waals surface area contributed by atoms with Gasteiger partial charge in [0.05, 0.1) is 12.0 Å². The van der Waals surface area contributed by atoms with Gasteiger partial charge in [0.2, 0.25) is 0 Å². The second-order valence-corrected chi connectivity index (χ2v) is 6.72. The van der Waals surface area contributed by atoms with Gasteiger partial charge in [0, 0.05) is 6.20 Å². The van der Waals surface area contributed by atoms with E-state index in [4.69, 9.17) is 4.74 Å². The lowest BCUT2D eigenvalue weighted by atomic mass is 10.1. The molecule has 118 valence electrons. The molecule has 1 aromatic carbocycles. The molecule has 0 spiro atoms. The number of nitrogens with zero attached hydrogens (tertiary/aromatic N) is 1. The maximum atomic E-state index is 12.9. The number of rotatable bonds is 5. The Morgan fingerprint density at radius 2 is 1.86 bits per heavy atom. The fourth-order valence-corrected chi connectivity index (χ4v) is 2.83. The van der Waals surface area contributed by atoms with Crippen molar-refractivity contribution in [2.24, 2.45) is 0 Å². The van der Waals surface area contributed by atoms with Crippen molar-refractivity contribution in [2.45, 2.75) is 24.7 Å². The molecule has 0 bridgehead atoms. The molecule has 0 saturated heterocycles. The molecule has 5 nitrogen and oxygen atoms in total. The van der Waals surface area contributed by atoms with E-state index >= 15 is 0 Å². The van der Waals surface area contributed by atoms with E-state index in [1.165, 1.54) is 19.2 Å². The molecular weight excluding hydrogens is 307 g/mol. The quantitative estimate of drug-likeness (QED) is 0.917. The smallest absolute Gasteiger partial charge is 0.263 e. The molecule has 0 aliphatic rings. The highest BCUT2D eigenvalue weighted by Crippen LogP contribution is 2.28. The third-order valence-electron chi connectivity index (χ3n) is 3.12. The first-order valence-corrected chi connectivity index (χ1v) is 8.14. The zero-order valence-corrected chi connectivity index (χ0v) is 13.3. The second-order valence-electron chi connectivity index (χ2n) is 5.03. The van der Waals surface area contributed by atoms with Gasteiger partial charge in [0.1, 0.15) is 5.82 Å². The third-order valence-corrected chi connectivity index (χ3v) is 4.47. The normalized spacial score (nSPS) is 11.5. The Labute approximate surface area is 129 Å². The van der Waals surface area contributed by atoms with Gasteiger partial charge in [-0.2, -0.15) is 0 Å². The molecule has 22 heavy (non-hydrogen) atoms. The Morgan fingerprint density at radius 3 is 2.41 bits per heavy atom. The standard InChI is InChI=1S/C15H17FN2O3S/c1-10(2)11-8-14(21-3)15(17-9-11)18-22(19,20)13-6-4-12(16)5-7-13/h4-10H,1-3H3,(H,17,18). The van der Waals surface area contributed by atoms with Crippen LogP contribution in [0.4, 0.5) is 10.2 Å². The first-order chi connectivity index (χ1) is 10.3. The van der Waals surface area contributed by atoms with Crippen LogP contribution in [0.25, 0.3) is 0 Å². The molecule has 0 fully saturated rings. The summed E-state index contributed by atoms with van der Waals surface area (Å²) in [6, 6.07) is 6.28. The van der Waals surface area contributed by atoms with Crippen LogP contribution in [-0.2, 0) is 10.0 Å². The molecule has 0 saturated carbocycles. The van der Waals surface area contributed by atoms with Crippen molar-refractivity contribution >= 4 is 15.8 Å². The summed E-state index contributed by atoms with van der Waals surface area (Å²) in [5.41, 5.74) is 0.932. The number of anilines is 1. The van der Waals surface area contributed by atoms with Crippen molar-refractivity contribution in [1.82, 2.24) is 4.98 Å². The van der Waals surface area contributed by atoms with Gasteiger partial charge in [-0.1, -0.05) is 13.8 Å². The largest absolute Gasteiger partial charge is 0.493 e. The highest BCUT2D eigenvalue weighted by molar-refractivity contribution is 7.92. The third kappa shape index (κ3) is 3.54. The Bertz CT molecular complexity index is 759. The fraction of sp³-hybridized carbons (Fsp3) is 0.267. The summed E-state index contributed by atoms with van der Waals surface area (Å²) in [6.45, 7) is 4.00. The lowest BCUT2D eigenvalue weighted by molar-refractivity contribution is 0.414. The van der Waals surface area contributed by atoms with E-state index < -0.39 is 15.8 Å². The van der Waals surface area contributed by atoms with Gasteiger partial charge in [0.25, 0.3) is 10.0 Å². The van der Waals surface area contributed by atoms with Crippen LogP contribution in [0.15, 0.2) is 41.4 Å². The van der Waals surface area contributed by atoms with E-state index in [-0.39, 0.29) is 16.6 Å². The monoisotopic (exact) mass is 324 g/mol. The van der Waals surface area contributed by atoms with E-state index in [1.807, 2.05) is 13.8 Å². The molecule has 0 unspecified atom stereocenters. The average molecular weight is 324 g/mol. The summed E-state index contributed by atoms with van der Waals surface area (Å²) in [5.74, 6) is 0.160. The zero-order valence-electron chi connectivity index (χ0n) is 12.5. The van der Waals surface area contributed by atoms with Crippen molar-refractivity contribution < 1.29 is 17.5 Å². The first-order valence-electron chi connectivity index (χ1n) is 6.66. The Kier molecular flexibility index (Phi) is 4.65. The Morgan fingerprint density at radius 1 is 1.23 bits per heavy atom. The number of aromatic nitrogens is 1. The number of hydrogen-bond donors (Lipinski definition) is 1. The minimum Gasteiger partial charge on any atom is -0.493 e. The minimum absolute atomic E-state index is 0.0503. The summed E-state index contributed by atoms with van der Waals surface area (Å²) in [5, 5.41) is 0.